The lowest BCUT2D eigenvalue weighted by Gasteiger charge is -2.43. The van der Waals surface area contributed by atoms with Crippen molar-refractivity contribution in [2.24, 2.45) is 5.92 Å². The number of carbonyl (C=O) groups is 3. The number of urea groups is 1. The first-order chi connectivity index (χ1) is 15.9. The first-order valence-corrected chi connectivity index (χ1v) is 11.2. The second-order valence-electron chi connectivity index (χ2n) is 9.07. The average molecular weight is 452 g/mol. The van der Waals surface area contributed by atoms with E-state index in [1.54, 1.807) is 33.7 Å². The van der Waals surface area contributed by atoms with Crippen LogP contribution >= 0.6 is 0 Å². The van der Waals surface area contributed by atoms with Crippen LogP contribution in [-0.4, -0.2) is 57.9 Å². The number of hydrogen-bond acceptors (Lipinski definition) is 4. The predicted octanol–water partition coefficient (Wildman–Crippen LogP) is 1.49. The van der Waals surface area contributed by atoms with Crippen LogP contribution in [0, 0.1) is 11.7 Å². The molecule has 0 radical (unpaired) electrons. The molecule has 2 aromatic rings. The Labute approximate surface area is 190 Å². The number of benzene rings is 1. The molecule has 3 aliphatic rings. The van der Waals surface area contributed by atoms with Crippen LogP contribution < -0.4 is 10.9 Å². The third-order valence-corrected chi connectivity index (χ3v) is 6.86. The molecular formula is C24H25FN4O4. The SMILES string of the molecule is O=C(CC1NC(=O)N(CCc2ccc(F)cc2)C1=O)N1C[C@H]2C[C@@H](C1)c1cccc(=O)n1C2. The summed E-state index contributed by atoms with van der Waals surface area (Å²) < 4.78 is 14.9. The number of halogens is 1. The van der Waals surface area contributed by atoms with Crippen molar-refractivity contribution in [2.45, 2.75) is 37.8 Å². The smallest absolute Gasteiger partial charge is 0.324 e. The number of carbonyl (C=O) groups excluding carboxylic acids is 3. The normalized spacial score (nSPS) is 24.0. The third-order valence-electron chi connectivity index (χ3n) is 6.86. The number of hydrogen-bond donors (Lipinski definition) is 1. The molecule has 2 saturated heterocycles. The van der Waals surface area contributed by atoms with Crippen molar-refractivity contribution < 1.29 is 18.8 Å². The minimum absolute atomic E-state index is 0.0121. The summed E-state index contributed by atoms with van der Waals surface area (Å²) in [6.45, 7) is 1.80. The summed E-state index contributed by atoms with van der Waals surface area (Å²) in [5.74, 6) is -0.637. The molecule has 9 heteroatoms. The average Bonchev–Trinajstić information content (AvgIpc) is 3.06. The molecule has 0 aliphatic carbocycles. The summed E-state index contributed by atoms with van der Waals surface area (Å²) in [6, 6.07) is 9.78. The Morgan fingerprint density at radius 3 is 2.61 bits per heavy atom. The van der Waals surface area contributed by atoms with Gasteiger partial charge >= 0.3 is 6.03 Å². The number of nitrogens with zero attached hydrogens (tertiary/aromatic N) is 3. The van der Waals surface area contributed by atoms with E-state index < -0.39 is 18.0 Å². The molecule has 4 heterocycles. The predicted molar refractivity (Wildman–Crippen MR) is 117 cm³/mol. The molecule has 2 fully saturated rings. The second-order valence-corrected chi connectivity index (χ2v) is 9.07. The number of amides is 4. The fraction of sp³-hybridized carbons (Fsp3) is 0.417. The highest BCUT2D eigenvalue weighted by atomic mass is 19.1. The van der Waals surface area contributed by atoms with Crippen LogP contribution in [0.4, 0.5) is 9.18 Å². The monoisotopic (exact) mass is 452 g/mol. The zero-order valence-corrected chi connectivity index (χ0v) is 18.1. The highest BCUT2D eigenvalue weighted by Crippen LogP contribution is 2.35. The Morgan fingerprint density at radius 2 is 1.82 bits per heavy atom. The van der Waals surface area contributed by atoms with Gasteiger partial charge in [0.15, 0.2) is 0 Å². The zero-order chi connectivity index (χ0) is 23.1. The van der Waals surface area contributed by atoms with Crippen molar-refractivity contribution in [3.8, 4) is 0 Å². The summed E-state index contributed by atoms with van der Waals surface area (Å²) in [6.07, 6.45) is 1.26. The van der Waals surface area contributed by atoms with Gasteiger partial charge in [0, 0.05) is 43.9 Å². The van der Waals surface area contributed by atoms with Crippen LogP contribution in [0.5, 0.6) is 0 Å². The van der Waals surface area contributed by atoms with E-state index in [0.717, 1.165) is 22.6 Å². The van der Waals surface area contributed by atoms with E-state index in [4.69, 9.17) is 0 Å². The van der Waals surface area contributed by atoms with E-state index in [9.17, 15) is 23.6 Å². The maximum Gasteiger partial charge on any atom is 0.324 e. The van der Waals surface area contributed by atoms with E-state index >= 15 is 0 Å². The van der Waals surface area contributed by atoms with Gasteiger partial charge in [0.1, 0.15) is 11.9 Å². The Hall–Kier alpha value is -3.49. The summed E-state index contributed by atoms with van der Waals surface area (Å²) in [5, 5.41) is 2.63. The summed E-state index contributed by atoms with van der Waals surface area (Å²) in [7, 11) is 0. The molecule has 3 aliphatic heterocycles. The highest BCUT2D eigenvalue weighted by molar-refractivity contribution is 6.05. The maximum absolute atomic E-state index is 13.1. The number of piperidine rings is 1. The summed E-state index contributed by atoms with van der Waals surface area (Å²) in [5.41, 5.74) is 1.76. The fourth-order valence-electron chi connectivity index (χ4n) is 5.22. The molecule has 4 amide bonds. The van der Waals surface area contributed by atoms with E-state index in [1.807, 2.05) is 6.07 Å². The zero-order valence-electron chi connectivity index (χ0n) is 18.1. The quantitative estimate of drug-likeness (QED) is 0.696. The highest BCUT2D eigenvalue weighted by Gasteiger charge is 2.41. The largest absolute Gasteiger partial charge is 0.342 e. The minimum atomic E-state index is -0.880. The van der Waals surface area contributed by atoms with Crippen molar-refractivity contribution in [1.82, 2.24) is 19.7 Å². The van der Waals surface area contributed by atoms with Crippen LogP contribution in [-0.2, 0) is 22.6 Å². The van der Waals surface area contributed by atoms with Crippen LogP contribution in [0.2, 0.25) is 0 Å². The van der Waals surface area contributed by atoms with Crippen LogP contribution in [0.25, 0.3) is 0 Å². The van der Waals surface area contributed by atoms with E-state index in [0.29, 0.717) is 26.1 Å². The lowest BCUT2D eigenvalue weighted by Crippen LogP contribution is -2.50. The number of nitrogens with one attached hydrogen (secondary N) is 1. The Bertz CT molecular complexity index is 1160. The maximum atomic E-state index is 13.1. The van der Waals surface area contributed by atoms with Gasteiger partial charge < -0.3 is 14.8 Å². The molecule has 5 rings (SSSR count). The number of likely N-dealkylation sites (tertiary alicyclic amines) is 1. The second kappa shape index (κ2) is 8.46. The first kappa shape index (κ1) is 21.4. The molecule has 0 spiro atoms. The Kier molecular flexibility index (Phi) is 5.47. The van der Waals surface area contributed by atoms with Crippen molar-refractivity contribution >= 4 is 17.8 Å². The first-order valence-electron chi connectivity index (χ1n) is 11.2. The lowest BCUT2D eigenvalue weighted by atomic mass is 9.83. The van der Waals surface area contributed by atoms with Crippen molar-refractivity contribution in [1.29, 1.82) is 0 Å². The minimum Gasteiger partial charge on any atom is -0.342 e. The van der Waals surface area contributed by atoms with Crippen LogP contribution in [0.3, 0.4) is 0 Å². The number of aromatic nitrogens is 1. The number of imide groups is 1. The topological polar surface area (TPSA) is 91.7 Å². The van der Waals surface area contributed by atoms with Gasteiger partial charge in [-0.05, 0) is 42.5 Å². The van der Waals surface area contributed by atoms with Gasteiger partial charge in [-0.25, -0.2) is 9.18 Å². The van der Waals surface area contributed by atoms with E-state index in [1.165, 1.54) is 12.1 Å². The van der Waals surface area contributed by atoms with E-state index in [2.05, 4.69) is 5.32 Å². The summed E-state index contributed by atoms with van der Waals surface area (Å²) >= 11 is 0. The van der Waals surface area contributed by atoms with Crippen LogP contribution in [0.15, 0.2) is 47.3 Å². The van der Waals surface area contributed by atoms with E-state index in [-0.39, 0.29) is 42.1 Å². The molecule has 2 bridgehead atoms. The van der Waals surface area contributed by atoms with Gasteiger partial charge in [-0.15, -0.1) is 0 Å². The molecule has 1 aromatic carbocycles. The van der Waals surface area contributed by atoms with Gasteiger partial charge in [-0.2, -0.15) is 0 Å². The molecule has 8 nitrogen and oxygen atoms in total. The number of fused-ring (bicyclic) bond motifs is 4. The molecule has 0 saturated carbocycles. The molecule has 1 N–H and O–H groups in total. The van der Waals surface area contributed by atoms with Crippen molar-refractivity contribution in [3.05, 3.63) is 69.9 Å². The summed E-state index contributed by atoms with van der Waals surface area (Å²) in [4.78, 5) is 53.2. The Morgan fingerprint density at radius 1 is 1.03 bits per heavy atom. The van der Waals surface area contributed by atoms with Gasteiger partial charge in [-0.3, -0.25) is 19.3 Å². The third kappa shape index (κ3) is 4.15. The number of rotatable bonds is 5. The fourth-order valence-corrected chi connectivity index (χ4v) is 5.22. The molecular weight excluding hydrogens is 427 g/mol. The van der Waals surface area contributed by atoms with Gasteiger partial charge in [-0.1, -0.05) is 18.2 Å². The van der Waals surface area contributed by atoms with Crippen LogP contribution in [0.1, 0.15) is 30.0 Å². The molecule has 172 valence electrons. The Balaban J connectivity index is 1.20. The van der Waals surface area contributed by atoms with Gasteiger partial charge in [0.05, 0.1) is 6.42 Å². The molecule has 3 atom stereocenters. The van der Waals surface area contributed by atoms with Crippen molar-refractivity contribution in [2.75, 3.05) is 19.6 Å². The molecule has 1 unspecified atom stereocenters. The molecule has 33 heavy (non-hydrogen) atoms. The number of pyridine rings is 1. The standard InChI is InChI=1S/C24H25FN4O4/c25-18-6-4-15(5-7-18)8-9-28-23(32)19(26-24(28)33)11-22(31)27-12-16-10-17(14-27)20-2-1-3-21(30)29(20)13-16/h1-7,16-17,19H,8-14H2,(H,26,33)/t16-,17+,19?/m1/s1. The van der Waals surface area contributed by atoms with Gasteiger partial charge in [0.25, 0.3) is 11.5 Å². The lowest BCUT2D eigenvalue weighted by molar-refractivity contribution is -0.137. The molecule has 1 aromatic heterocycles. The van der Waals surface area contributed by atoms with Gasteiger partial charge in [0.2, 0.25) is 5.91 Å². The van der Waals surface area contributed by atoms with Crippen molar-refractivity contribution in [3.63, 3.8) is 0 Å².